The molecule has 1 N–H and O–H groups in total. The van der Waals surface area contributed by atoms with Crippen molar-refractivity contribution in [1.82, 2.24) is 10.2 Å². The van der Waals surface area contributed by atoms with Gasteiger partial charge in [0.15, 0.2) is 0 Å². The Morgan fingerprint density at radius 2 is 1.91 bits per heavy atom. The van der Waals surface area contributed by atoms with Crippen molar-refractivity contribution in [3.05, 3.63) is 59.3 Å². The second-order valence-corrected chi connectivity index (χ2v) is 5.91. The van der Waals surface area contributed by atoms with Crippen LogP contribution in [0.1, 0.15) is 30.9 Å². The molecule has 0 saturated carbocycles. The minimum atomic E-state index is -0.278. The van der Waals surface area contributed by atoms with Crippen LogP contribution in [0, 0.1) is 12.7 Å². The van der Waals surface area contributed by atoms with Crippen molar-refractivity contribution < 1.29 is 13.6 Å². The Hall–Kier alpha value is -2.14. The van der Waals surface area contributed by atoms with E-state index in [9.17, 15) is 9.18 Å². The topological polar surface area (TPSA) is 45.5 Å². The van der Waals surface area contributed by atoms with Crippen molar-refractivity contribution in [2.75, 3.05) is 6.54 Å². The van der Waals surface area contributed by atoms with E-state index in [1.165, 1.54) is 12.1 Å². The molecule has 0 unspecified atom stereocenters. The highest BCUT2D eigenvalue weighted by molar-refractivity contribution is 5.78. The highest BCUT2D eigenvalue weighted by atomic mass is 19.1. The summed E-state index contributed by atoms with van der Waals surface area (Å²) in [6.07, 6.45) is 0. The van der Waals surface area contributed by atoms with E-state index in [0.29, 0.717) is 19.6 Å². The van der Waals surface area contributed by atoms with Crippen molar-refractivity contribution in [2.24, 2.45) is 0 Å². The Morgan fingerprint density at radius 3 is 2.48 bits per heavy atom. The normalized spacial score (nSPS) is 11.2. The predicted octanol–water partition coefficient (Wildman–Crippen LogP) is 3.25. The molecule has 1 aromatic carbocycles. The van der Waals surface area contributed by atoms with Crippen molar-refractivity contribution in [3.8, 4) is 0 Å². The van der Waals surface area contributed by atoms with Crippen molar-refractivity contribution in [1.29, 1.82) is 0 Å². The summed E-state index contributed by atoms with van der Waals surface area (Å²) in [6.45, 7) is 7.27. The molecule has 1 aromatic heterocycles. The second kappa shape index (κ2) is 7.92. The quantitative estimate of drug-likeness (QED) is 0.852. The van der Waals surface area contributed by atoms with Crippen molar-refractivity contribution in [3.63, 3.8) is 0 Å². The standard InChI is InChI=1S/C18H23FN2O2/c1-13(2)21(11-17-9-4-14(3)23-17)12-18(22)20-10-15-5-7-16(19)8-6-15/h4-9,13H,10-12H2,1-3H3,(H,20,22). The molecular weight excluding hydrogens is 295 g/mol. The highest BCUT2D eigenvalue weighted by Gasteiger charge is 2.16. The molecule has 0 spiro atoms. The Labute approximate surface area is 136 Å². The average molecular weight is 318 g/mol. The van der Waals surface area contributed by atoms with E-state index in [4.69, 9.17) is 4.42 Å². The third kappa shape index (κ3) is 5.53. The van der Waals surface area contributed by atoms with Gasteiger partial charge in [-0.05, 0) is 50.6 Å². The van der Waals surface area contributed by atoms with Gasteiger partial charge < -0.3 is 9.73 Å². The van der Waals surface area contributed by atoms with Crippen molar-refractivity contribution in [2.45, 2.75) is 39.9 Å². The molecule has 124 valence electrons. The SMILES string of the molecule is Cc1ccc(CN(CC(=O)NCc2ccc(F)cc2)C(C)C)o1. The molecule has 2 rings (SSSR count). The molecule has 23 heavy (non-hydrogen) atoms. The lowest BCUT2D eigenvalue weighted by Gasteiger charge is -2.24. The van der Waals surface area contributed by atoms with Gasteiger partial charge in [-0.2, -0.15) is 0 Å². The zero-order valence-corrected chi connectivity index (χ0v) is 13.8. The van der Waals surface area contributed by atoms with Gasteiger partial charge in [0.25, 0.3) is 0 Å². The number of halogens is 1. The average Bonchev–Trinajstić information content (AvgIpc) is 2.91. The van der Waals surface area contributed by atoms with Crippen LogP contribution in [0.5, 0.6) is 0 Å². The van der Waals surface area contributed by atoms with E-state index >= 15 is 0 Å². The van der Waals surface area contributed by atoms with Crippen LogP contribution in [0.3, 0.4) is 0 Å². The highest BCUT2D eigenvalue weighted by Crippen LogP contribution is 2.11. The third-order valence-corrected chi connectivity index (χ3v) is 3.63. The lowest BCUT2D eigenvalue weighted by Crippen LogP contribution is -2.40. The van der Waals surface area contributed by atoms with Crippen LogP contribution in [0.2, 0.25) is 0 Å². The van der Waals surface area contributed by atoms with E-state index in [-0.39, 0.29) is 17.8 Å². The molecule has 1 heterocycles. The maximum atomic E-state index is 12.9. The number of carbonyl (C=O) groups is 1. The number of hydrogen-bond donors (Lipinski definition) is 1. The van der Waals surface area contributed by atoms with Crippen LogP contribution in [0.4, 0.5) is 4.39 Å². The van der Waals surface area contributed by atoms with Gasteiger partial charge in [-0.3, -0.25) is 9.69 Å². The van der Waals surface area contributed by atoms with Gasteiger partial charge in [-0.15, -0.1) is 0 Å². The van der Waals surface area contributed by atoms with Gasteiger partial charge in [0, 0.05) is 12.6 Å². The van der Waals surface area contributed by atoms with E-state index in [2.05, 4.69) is 5.32 Å². The number of amides is 1. The molecule has 0 fully saturated rings. The Bertz CT molecular complexity index is 635. The number of nitrogens with zero attached hydrogens (tertiary/aromatic N) is 1. The number of hydrogen-bond acceptors (Lipinski definition) is 3. The second-order valence-electron chi connectivity index (χ2n) is 5.91. The molecule has 0 aliphatic heterocycles. The van der Waals surface area contributed by atoms with E-state index in [0.717, 1.165) is 17.1 Å². The summed E-state index contributed by atoms with van der Waals surface area (Å²) in [6, 6.07) is 10.2. The molecule has 0 aliphatic carbocycles. The van der Waals surface area contributed by atoms with Crippen LogP contribution >= 0.6 is 0 Å². The molecule has 1 amide bonds. The summed E-state index contributed by atoms with van der Waals surface area (Å²) >= 11 is 0. The van der Waals surface area contributed by atoms with E-state index < -0.39 is 0 Å². The number of rotatable bonds is 7. The summed E-state index contributed by atoms with van der Waals surface area (Å²) in [5.74, 6) is 1.37. The Morgan fingerprint density at radius 1 is 1.22 bits per heavy atom. The lowest BCUT2D eigenvalue weighted by atomic mass is 10.2. The monoisotopic (exact) mass is 318 g/mol. The lowest BCUT2D eigenvalue weighted by molar-refractivity contribution is -0.123. The van der Waals surface area contributed by atoms with Gasteiger partial charge >= 0.3 is 0 Å². The third-order valence-electron chi connectivity index (χ3n) is 3.63. The zero-order chi connectivity index (χ0) is 16.8. The Kier molecular flexibility index (Phi) is 5.93. The number of aryl methyl sites for hydroxylation is 1. The molecule has 5 heteroatoms. The molecule has 2 aromatic rings. The summed E-state index contributed by atoms with van der Waals surface area (Å²) in [7, 11) is 0. The molecule has 4 nitrogen and oxygen atoms in total. The van der Waals surface area contributed by atoms with Gasteiger partial charge in [0.1, 0.15) is 17.3 Å². The molecule has 0 saturated heterocycles. The van der Waals surface area contributed by atoms with Gasteiger partial charge in [-0.1, -0.05) is 12.1 Å². The summed E-state index contributed by atoms with van der Waals surface area (Å²) < 4.78 is 18.4. The van der Waals surface area contributed by atoms with Crippen LogP contribution in [0.15, 0.2) is 40.8 Å². The molecule has 0 radical (unpaired) electrons. The smallest absolute Gasteiger partial charge is 0.234 e. The maximum Gasteiger partial charge on any atom is 0.234 e. The zero-order valence-electron chi connectivity index (χ0n) is 13.8. The van der Waals surface area contributed by atoms with Crippen LogP contribution in [-0.2, 0) is 17.9 Å². The van der Waals surface area contributed by atoms with Gasteiger partial charge in [0.05, 0.1) is 13.1 Å². The van der Waals surface area contributed by atoms with Gasteiger partial charge in [0.2, 0.25) is 5.91 Å². The van der Waals surface area contributed by atoms with E-state index in [1.807, 2.05) is 37.8 Å². The first kappa shape index (κ1) is 17.2. The first-order valence-electron chi connectivity index (χ1n) is 7.74. The predicted molar refractivity (Wildman–Crippen MR) is 87.2 cm³/mol. The van der Waals surface area contributed by atoms with Crippen LogP contribution in [-0.4, -0.2) is 23.4 Å². The van der Waals surface area contributed by atoms with E-state index in [1.54, 1.807) is 12.1 Å². The fourth-order valence-electron chi connectivity index (χ4n) is 2.23. The number of furan rings is 1. The maximum absolute atomic E-state index is 12.9. The summed E-state index contributed by atoms with van der Waals surface area (Å²) in [5, 5.41) is 2.86. The fourth-order valence-corrected chi connectivity index (χ4v) is 2.23. The minimum absolute atomic E-state index is 0.0636. The fraction of sp³-hybridized carbons (Fsp3) is 0.389. The number of carbonyl (C=O) groups excluding carboxylic acids is 1. The molecular formula is C18H23FN2O2. The minimum Gasteiger partial charge on any atom is -0.465 e. The summed E-state index contributed by atoms with van der Waals surface area (Å²) in [5.41, 5.74) is 0.873. The molecule has 0 aliphatic rings. The van der Waals surface area contributed by atoms with Crippen LogP contribution in [0.25, 0.3) is 0 Å². The van der Waals surface area contributed by atoms with Crippen LogP contribution < -0.4 is 5.32 Å². The largest absolute Gasteiger partial charge is 0.465 e. The summed E-state index contributed by atoms with van der Waals surface area (Å²) in [4.78, 5) is 14.2. The van der Waals surface area contributed by atoms with Gasteiger partial charge in [-0.25, -0.2) is 4.39 Å². The first-order valence-corrected chi connectivity index (χ1v) is 7.74. The molecule has 0 bridgehead atoms. The number of nitrogens with one attached hydrogen (secondary N) is 1. The number of benzene rings is 1. The Balaban J connectivity index is 1.86. The first-order chi connectivity index (χ1) is 10.9. The van der Waals surface area contributed by atoms with Crippen molar-refractivity contribution >= 4 is 5.91 Å². The molecule has 0 atom stereocenters.